The third-order valence-corrected chi connectivity index (χ3v) is 2.18. The summed E-state index contributed by atoms with van der Waals surface area (Å²) >= 11 is 0. The van der Waals surface area contributed by atoms with Gasteiger partial charge in [-0.1, -0.05) is 0 Å². The Labute approximate surface area is 60.0 Å². The average molecular weight is 149 g/mol. The molecule has 1 atom stereocenters. The molecule has 0 saturated carbocycles. The summed E-state index contributed by atoms with van der Waals surface area (Å²) in [7, 11) is 1.89. The summed E-state index contributed by atoms with van der Waals surface area (Å²) in [6, 6.07) is 0.0312. The van der Waals surface area contributed by atoms with Gasteiger partial charge in [-0.25, -0.2) is 8.78 Å². The van der Waals surface area contributed by atoms with E-state index in [2.05, 4.69) is 0 Å². The second-order valence-corrected chi connectivity index (χ2v) is 3.14. The van der Waals surface area contributed by atoms with Crippen LogP contribution in [0, 0.1) is 0 Å². The Kier molecular flexibility index (Phi) is 1.95. The molecule has 0 unspecified atom stereocenters. The smallest absolute Gasteiger partial charge is 0.250 e. The van der Waals surface area contributed by atoms with Crippen LogP contribution in [0.3, 0.4) is 0 Å². The number of halogens is 2. The van der Waals surface area contributed by atoms with Gasteiger partial charge in [-0.3, -0.25) is 0 Å². The molecule has 1 fully saturated rings. The number of likely N-dealkylation sites (tertiary alicyclic amines) is 1. The van der Waals surface area contributed by atoms with E-state index in [-0.39, 0.29) is 18.9 Å². The minimum atomic E-state index is -2.41. The van der Waals surface area contributed by atoms with Crippen LogP contribution >= 0.6 is 0 Å². The van der Waals surface area contributed by atoms with E-state index in [1.54, 1.807) is 0 Å². The quantitative estimate of drug-likeness (QED) is 0.507. The fraction of sp³-hybridized carbons (Fsp3) is 1.00. The predicted molar refractivity (Wildman–Crippen MR) is 36.3 cm³/mol. The molecule has 0 bridgehead atoms. The van der Waals surface area contributed by atoms with E-state index in [0.717, 1.165) is 0 Å². The summed E-state index contributed by atoms with van der Waals surface area (Å²) in [5, 5.41) is 0. The normalized spacial score (nSPS) is 34.2. The van der Waals surface area contributed by atoms with Gasteiger partial charge in [0.25, 0.3) is 5.92 Å². The molecule has 0 aromatic rings. The molecule has 10 heavy (non-hydrogen) atoms. The van der Waals surface area contributed by atoms with Crippen molar-refractivity contribution in [2.45, 2.75) is 31.7 Å². The van der Waals surface area contributed by atoms with E-state index >= 15 is 0 Å². The Bertz CT molecular complexity index is 125. The first-order valence-corrected chi connectivity index (χ1v) is 3.59. The maximum atomic E-state index is 12.6. The summed E-state index contributed by atoms with van der Waals surface area (Å²) in [6.45, 7) is 2.36. The number of hydrogen-bond acceptors (Lipinski definition) is 1. The lowest BCUT2D eigenvalue weighted by Crippen LogP contribution is -2.43. The highest BCUT2D eigenvalue weighted by molar-refractivity contribution is 4.81. The highest BCUT2D eigenvalue weighted by atomic mass is 19.3. The lowest BCUT2D eigenvalue weighted by molar-refractivity contribution is -0.0686. The summed E-state index contributed by atoms with van der Waals surface area (Å²) in [5.74, 6) is -2.41. The molecule has 60 valence electrons. The predicted octanol–water partition coefficient (Wildman–Crippen LogP) is 1.74. The van der Waals surface area contributed by atoms with Crippen molar-refractivity contribution in [1.82, 2.24) is 4.90 Å². The third kappa shape index (κ3) is 1.66. The van der Waals surface area contributed by atoms with E-state index in [4.69, 9.17) is 0 Å². The minimum Gasteiger partial charge on any atom is -0.303 e. The van der Waals surface area contributed by atoms with Gasteiger partial charge >= 0.3 is 0 Å². The SMILES string of the molecule is C[C@H]1CC(F)(F)CCN1C. The van der Waals surface area contributed by atoms with Crippen LogP contribution in [0.1, 0.15) is 19.8 Å². The van der Waals surface area contributed by atoms with Gasteiger partial charge in [-0.15, -0.1) is 0 Å². The highest BCUT2D eigenvalue weighted by Crippen LogP contribution is 2.30. The van der Waals surface area contributed by atoms with Crippen molar-refractivity contribution in [2.75, 3.05) is 13.6 Å². The van der Waals surface area contributed by atoms with E-state index in [1.165, 1.54) is 0 Å². The molecule has 0 spiro atoms. The second-order valence-electron chi connectivity index (χ2n) is 3.14. The zero-order valence-corrected chi connectivity index (χ0v) is 6.40. The molecule has 3 heteroatoms. The van der Waals surface area contributed by atoms with Crippen LogP contribution in [-0.2, 0) is 0 Å². The molecule has 0 aromatic heterocycles. The Morgan fingerprint density at radius 3 is 2.50 bits per heavy atom. The van der Waals surface area contributed by atoms with Crippen LogP contribution in [0.2, 0.25) is 0 Å². The number of nitrogens with zero attached hydrogens (tertiary/aromatic N) is 1. The lowest BCUT2D eigenvalue weighted by atomic mass is 10.0. The Morgan fingerprint density at radius 1 is 1.50 bits per heavy atom. The van der Waals surface area contributed by atoms with Crippen molar-refractivity contribution in [2.24, 2.45) is 0 Å². The maximum absolute atomic E-state index is 12.6. The Hall–Kier alpha value is -0.180. The van der Waals surface area contributed by atoms with Crippen molar-refractivity contribution in [3.05, 3.63) is 0 Å². The molecule has 0 amide bonds. The molecule has 1 heterocycles. The van der Waals surface area contributed by atoms with E-state index in [1.807, 2.05) is 18.9 Å². The summed E-state index contributed by atoms with van der Waals surface area (Å²) in [5.41, 5.74) is 0. The van der Waals surface area contributed by atoms with Gasteiger partial charge in [0, 0.05) is 25.4 Å². The molecule has 1 nitrogen and oxygen atoms in total. The highest BCUT2D eigenvalue weighted by Gasteiger charge is 2.36. The van der Waals surface area contributed by atoms with Gasteiger partial charge in [-0.2, -0.15) is 0 Å². The summed E-state index contributed by atoms with van der Waals surface area (Å²) in [4.78, 5) is 1.97. The minimum absolute atomic E-state index is 0.0174. The van der Waals surface area contributed by atoms with Crippen LogP contribution in [0.5, 0.6) is 0 Å². The third-order valence-electron chi connectivity index (χ3n) is 2.18. The largest absolute Gasteiger partial charge is 0.303 e. The van der Waals surface area contributed by atoms with Crippen molar-refractivity contribution in [3.63, 3.8) is 0 Å². The Morgan fingerprint density at radius 2 is 2.10 bits per heavy atom. The van der Waals surface area contributed by atoms with Crippen LogP contribution in [0.4, 0.5) is 8.78 Å². The topological polar surface area (TPSA) is 3.24 Å². The molecular weight excluding hydrogens is 136 g/mol. The zero-order chi connectivity index (χ0) is 7.78. The van der Waals surface area contributed by atoms with E-state index in [0.29, 0.717) is 6.54 Å². The standard InChI is InChI=1S/C7H13F2N/c1-6-5-7(8,9)3-4-10(6)2/h6H,3-5H2,1-2H3/t6-/m0/s1. The van der Waals surface area contributed by atoms with Gasteiger partial charge in [-0.05, 0) is 14.0 Å². The first-order chi connectivity index (χ1) is 4.51. The van der Waals surface area contributed by atoms with Crippen LogP contribution in [0.15, 0.2) is 0 Å². The van der Waals surface area contributed by atoms with Crippen molar-refractivity contribution in [3.8, 4) is 0 Å². The zero-order valence-electron chi connectivity index (χ0n) is 6.40. The number of piperidine rings is 1. The summed E-state index contributed by atoms with van der Waals surface area (Å²) in [6.07, 6.45) is 0.0390. The molecule has 1 aliphatic rings. The van der Waals surface area contributed by atoms with Gasteiger partial charge < -0.3 is 4.90 Å². The number of alkyl halides is 2. The average Bonchev–Trinajstić information content (AvgIpc) is 1.79. The summed E-state index contributed by atoms with van der Waals surface area (Å²) < 4.78 is 25.2. The number of rotatable bonds is 0. The molecular formula is C7H13F2N. The maximum Gasteiger partial charge on any atom is 0.250 e. The molecule has 0 N–H and O–H groups in total. The van der Waals surface area contributed by atoms with Gasteiger partial charge in [0.1, 0.15) is 0 Å². The van der Waals surface area contributed by atoms with Gasteiger partial charge in [0.15, 0.2) is 0 Å². The Balaban J connectivity index is 2.49. The first kappa shape index (κ1) is 7.92. The molecule has 1 aliphatic heterocycles. The van der Waals surface area contributed by atoms with Crippen LogP contribution in [0.25, 0.3) is 0 Å². The monoisotopic (exact) mass is 149 g/mol. The fourth-order valence-electron chi connectivity index (χ4n) is 1.25. The van der Waals surface area contributed by atoms with E-state index < -0.39 is 5.92 Å². The molecule has 1 saturated heterocycles. The molecule has 0 aromatic carbocycles. The first-order valence-electron chi connectivity index (χ1n) is 3.59. The van der Waals surface area contributed by atoms with Gasteiger partial charge in [0.2, 0.25) is 0 Å². The van der Waals surface area contributed by atoms with Crippen molar-refractivity contribution in [1.29, 1.82) is 0 Å². The number of hydrogen-bond donors (Lipinski definition) is 0. The second kappa shape index (κ2) is 2.46. The van der Waals surface area contributed by atoms with Crippen LogP contribution in [-0.4, -0.2) is 30.5 Å². The van der Waals surface area contributed by atoms with Crippen molar-refractivity contribution >= 4 is 0 Å². The van der Waals surface area contributed by atoms with Crippen LogP contribution < -0.4 is 0 Å². The molecule has 1 rings (SSSR count). The van der Waals surface area contributed by atoms with Gasteiger partial charge in [0.05, 0.1) is 0 Å². The lowest BCUT2D eigenvalue weighted by Gasteiger charge is -2.34. The van der Waals surface area contributed by atoms with Crippen molar-refractivity contribution < 1.29 is 8.78 Å². The fourth-order valence-corrected chi connectivity index (χ4v) is 1.25. The van der Waals surface area contributed by atoms with E-state index in [9.17, 15) is 8.78 Å². The molecule has 0 aliphatic carbocycles. The molecule has 0 radical (unpaired) electrons.